The van der Waals surface area contributed by atoms with E-state index in [1.807, 2.05) is 25.3 Å². The summed E-state index contributed by atoms with van der Waals surface area (Å²) in [6.45, 7) is 9.76. The SMILES string of the molecule is C=CCn1c(C)cc(C(=O)COC(=O)CCNS(=O)(=O)c2ccc(OCC)cc2)c1C. The standard InChI is InChI=1S/C22H28N2O6S/c1-5-13-24-16(3)14-20(17(24)4)21(25)15-30-22(26)11-12-23-31(27,28)19-9-7-18(8-10-19)29-6-2/h5,7-10,14,23H,1,6,11-13,15H2,2-4H3. The molecule has 0 unspecified atom stereocenters. The van der Waals surface area contributed by atoms with Crippen LogP contribution in [0.2, 0.25) is 0 Å². The maximum Gasteiger partial charge on any atom is 0.307 e. The number of Topliss-reactive ketones (excluding diaryl/α,β-unsaturated/α-hetero) is 1. The molecule has 168 valence electrons. The molecule has 2 rings (SSSR count). The van der Waals surface area contributed by atoms with Gasteiger partial charge in [-0.25, -0.2) is 13.1 Å². The van der Waals surface area contributed by atoms with Crippen LogP contribution in [0.4, 0.5) is 0 Å². The Kier molecular flexibility index (Phi) is 8.58. The average molecular weight is 449 g/mol. The first kappa shape index (κ1) is 24.4. The van der Waals surface area contributed by atoms with Crippen LogP contribution in [-0.4, -0.2) is 44.5 Å². The van der Waals surface area contributed by atoms with Gasteiger partial charge in [0, 0.05) is 30.0 Å². The first-order chi connectivity index (χ1) is 14.7. The van der Waals surface area contributed by atoms with Crippen molar-refractivity contribution in [3.63, 3.8) is 0 Å². The summed E-state index contributed by atoms with van der Waals surface area (Å²) in [5.74, 6) is -0.408. The lowest BCUT2D eigenvalue weighted by Gasteiger charge is -2.09. The predicted octanol–water partition coefficient (Wildman–Crippen LogP) is 2.78. The number of rotatable bonds is 12. The molecule has 9 heteroatoms. The number of allylic oxidation sites excluding steroid dienone is 1. The van der Waals surface area contributed by atoms with Gasteiger partial charge in [-0.2, -0.15) is 0 Å². The molecule has 8 nitrogen and oxygen atoms in total. The molecule has 1 aromatic carbocycles. The van der Waals surface area contributed by atoms with Crippen LogP contribution in [0.5, 0.6) is 5.75 Å². The number of aromatic nitrogens is 1. The van der Waals surface area contributed by atoms with Gasteiger partial charge in [-0.3, -0.25) is 9.59 Å². The second kappa shape index (κ2) is 10.9. The van der Waals surface area contributed by atoms with Crippen LogP contribution in [0.1, 0.15) is 35.1 Å². The van der Waals surface area contributed by atoms with E-state index >= 15 is 0 Å². The van der Waals surface area contributed by atoms with Crippen LogP contribution in [-0.2, 0) is 26.1 Å². The molecule has 0 aliphatic carbocycles. The van der Waals surface area contributed by atoms with Gasteiger partial charge in [0.1, 0.15) is 5.75 Å². The van der Waals surface area contributed by atoms with Crippen molar-refractivity contribution in [1.29, 1.82) is 0 Å². The van der Waals surface area contributed by atoms with Crippen LogP contribution in [0, 0.1) is 13.8 Å². The highest BCUT2D eigenvalue weighted by molar-refractivity contribution is 7.89. The summed E-state index contributed by atoms with van der Waals surface area (Å²) in [5, 5.41) is 0. The van der Waals surface area contributed by atoms with Crippen LogP contribution in [0.3, 0.4) is 0 Å². The Morgan fingerprint density at radius 2 is 1.87 bits per heavy atom. The van der Waals surface area contributed by atoms with E-state index in [1.165, 1.54) is 12.1 Å². The van der Waals surface area contributed by atoms with E-state index in [2.05, 4.69) is 11.3 Å². The van der Waals surface area contributed by atoms with E-state index in [0.29, 0.717) is 24.5 Å². The van der Waals surface area contributed by atoms with Gasteiger partial charge in [0.15, 0.2) is 6.61 Å². The fraction of sp³-hybridized carbons (Fsp3) is 0.364. The smallest absolute Gasteiger partial charge is 0.307 e. The van der Waals surface area contributed by atoms with Crippen molar-refractivity contribution >= 4 is 21.8 Å². The number of ketones is 1. The minimum absolute atomic E-state index is 0.0642. The van der Waals surface area contributed by atoms with Crippen molar-refractivity contribution in [2.75, 3.05) is 19.8 Å². The largest absolute Gasteiger partial charge is 0.494 e. The molecule has 1 aromatic heterocycles. The van der Waals surface area contributed by atoms with Crippen molar-refractivity contribution in [1.82, 2.24) is 9.29 Å². The Morgan fingerprint density at radius 3 is 2.48 bits per heavy atom. The normalized spacial score (nSPS) is 11.2. The van der Waals surface area contributed by atoms with Gasteiger partial charge >= 0.3 is 5.97 Å². The molecule has 0 bridgehead atoms. The van der Waals surface area contributed by atoms with Gasteiger partial charge in [0.05, 0.1) is 17.9 Å². The third-order valence-electron chi connectivity index (χ3n) is 4.62. The second-order valence-electron chi connectivity index (χ2n) is 6.82. The van der Waals surface area contributed by atoms with Crippen molar-refractivity contribution in [3.05, 3.63) is 59.9 Å². The van der Waals surface area contributed by atoms with Gasteiger partial charge in [0.25, 0.3) is 0 Å². The fourth-order valence-electron chi connectivity index (χ4n) is 3.04. The number of esters is 1. The maximum atomic E-state index is 12.4. The molecule has 31 heavy (non-hydrogen) atoms. The zero-order valence-corrected chi connectivity index (χ0v) is 18.8. The fourth-order valence-corrected chi connectivity index (χ4v) is 4.07. The molecule has 1 N–H and O–H groups in total. The lowest BCUT2D eigenvalue weighted by molar-refractivity contribution is -0.142. The molecule has 0 aliphatic heterocycles. The lowest BCUT2D eigenvalue weighted by Crippen LogP contribution is -2.27. The van der Waals surface area contributed by atoms with E-state index < -0.39 is 22.6 Å². The molecule has 1 heterocycles. The van der Waals surface area contributed by atoms with Crippen molar-refractivity contribution in [2.24, 2.45) is 0 Å². The second-order valence-corrected chi connectivity index (χ2v) is 8.59. The number of nitrogens with one attached hydrogen (secondary N) is 1. The van der Waals surface area contributed by atoms with Gasteiger partial charge < -0.3 is 14.0 Å². The molecule has 0 amide bonds. The summed E-state index contributed by atoms with van der Waals surface area (Å²) >= 11 is 0. The summed E-state index contributed by atoms with van der Waals surface area (Å²) < 4.78 is 39.2. The summed E-state index contributed by atoms with van der Waals surface area (Å²) in [7, 11) is -3.77. The van der Waals surface area contributed by atoms with Crippen molar-refractivity contribution in [2.45, 2.75) is 38.6 Å². The summed E-state index contributed by atoms with van der Waals surface area (Å²) in [5.41, 5.74) is 2.18. The lowest BCUT2D eigenvalue weighted by atomic mass is 10.1. The maximum absolute atomic E-state index is 12.4. The molecular weight excluding hydrogens is 420 g/mol. The van der Waals surface area contributed by atoms with Gasteiger partial charge in [-0.15, -0.1) is 6.58 Å². The first-order valence-electron chi connectivity index (χ1n) is 9.88. The Hall–Kier alpha value is -2.91. The number of carbonyl (C=O) groups is 2. The zero-order valence-electron chi connectivity index (χ0n) is 18.0. The zero-order chi connectivity index (χ0) is 23.0. The third-order valence-corrected chi connectivity index (χ3v) is 6.09. The number of sulfonamides is 1. The monoisotopic (exact) mass is 448 g/mol. The van der Waals surface area contributed by atoms with E-state index in [-0.39, 0.29) is 23.6 Å². The van der Waals surface area contributed by atoms with E-state index in [1.54, 1.807) is 24.3 Å². The predicted molar refractivity (Wildman–Crippen MR) is 117 cm³/mol. The Bertz CT molecular complexity index is 1040. The van der Waals surface area contributed by atoms with Gasteiger partial charge in [-0.05, 0) is 51.1 Å². The number of benzene rings is 1. The molecule has 0 aliphatic rings. The third kappa shape index (κ3) is 6.53. The van der Waals surface area contributed by atoms with E-state index in [0.717, 1.165) is 11.4 Å². The number of hydrogen-bond donors (Lipinski definition) is 1. The van der Waals surface area contributed by atoms with Crippen LogP contribution < -0.4 is 9.46 Å². The highest BCUT2D eigenvalue weighted by Gasteiger charge is 2.18. The topological polar surface area (TPSA) is 104 Å². The highest BCUT2D eigenvalue weighted by atomic mass is 32.2. The first-order valence-corrected chi connectivity index (χ1v) is 11.4. The number of nitrogens with zero attached hydrogens (tertiary/aromatic N) is 1. The Balaban J connectivity index is 1.83. The van der Waals surface area contributed by atoms with Gasteiger partial charge in [0.2, 0.25) is 15.8 Å². The molecule has 0 atom stereocenters. The minimum atomic E-state index is -3.77. The molecular formula is C22H28N2O6S. The number of hydrogen-bond acceptors (Lipinski definition) is 6. The molecule has 0 spiro atoms. The summed E-state index contributed by atoms with van der Waals surface area (Å²) in [4.78, 5) is 24.4. The molecule has 2 aromatic rings. The number of carbonyl (C=O) groups excluding carboxylic acids is 2. The van der Waals surface area contributed by atoms with Crippen LogP contribution >= 0.6 is 0 Å². The highest BCUT2D eigenvalue weighted by Crippen LogP contribution is 2.17. The van der Waals surface area contributed by atoms with E-state index in [4.69, 9.17) is 9.47 Å². The average Bonchev–Trinajstić information content (AvgIpc) is 3.01. The quantitative estimate of drug-likeness (QED) is 0.304. The van der Waals surface area contributed by atoms with Crippen molar-refractivity contribution < 1.29 is 27.5 Å². The molecule has 0 saturated carbocycles. The Morgan fingerprint density at radius 1 is 1.19 bits per heavy atom. The van der Waals surface area contributed by atoms with Crippen LogP contribution in [0.25, 0.3) is 0 Å². The summed E-state index contributed by atoms with van der Waals surface area (Å²) in [6.07, 6.45) is 1.54. The van der Waals surface area contributed by atoms with Gasteiger partial charge in [-0.1, -0.05) is 6.08 Å². The molecule has 0 fully saturated rings. The van der Waals surface area contributed by atoms with Crippen LogP contribution in [0.15, 0.2) is 47.9 Å². The molecule has 0 radical (unpaired) electrons. The Labute approximate surface area is 182 Å². The summed E-state index contributed by atoms with van der Waals surface area (Å²) in [6, 6.07) is 7.72. The minimum Gasteiger partial charge on any atom is -0.494 e. The number of ether oxygens (including phenoxy) is 2. The van der Waals surface area contributed by atoms with Crippen molar-refractivity contribution in [3.8, 4) is 5.75 Å². The van der Waals surface area contributed by atoms with E-state index in [9.17, 15) is 18.0 Å². The number of aryl methyl sites for hydroxylation is 1. The molecule has 0 saturated heterocycles.